The molecule has 0 spiro atoms. The van der Waals surface area contributed by atoms with E-state index in [-0.39, 0.29) is 11.5 Å². The number of morpholine rings is 1. The van der Waals surface area contributed by atoms with Crippen molar-refractivity contribution in [2.24, 2.45) is 0 Å². The second-order valence-electron chi connectivity index (χ2n) is 6.29. The van der Waals surface area contributed by atoms with E-state index in [0.717, 1.165) is 16.6 Å². The van der Waals surface area contributed by atoms with E-state index in [2.05, 4.69) is 16.0 Å². The lowest BCUT2D eigenvalue weighted by molar-refractivity contribution is 0.122. The van der Waals surface area contributed by atoms with Gasteiger partial charge in [-0.3, -0.25) is 0 Å². The first kappa shape index (κ1) is 17.3. The summed E-state index contributed by atoms with van der Waals surface area (Å²) in [7, 11) is 1.60. The van der Waals surface area contributed by atoms with Gasteiger partial charge < -0.3 is 14.4 Å². The molecule has 4 rings (SSSR count). The average molecular weight is 363 g/mol. The zero-order valence-electron chi connectivity index (χ0n) is 14.9. The van der Waals surface area contributed by atoms with Crippen LogP contribution in [0.1, 0.15) is 5.69 Å². The number of anilines is 1. The monoisotopic (exact) mass is 363 g/mol. The molecule has 0 amide bonds. The van der Waals surface area contributed by atoms with E-state index < -0.39 is 0 Å². The van der Waals surface area contributed by atoms with Crippen molar-refractivity contribution in [2.45, 2.75) is 0 Å². The van der Waals surface area contributed by atoms with Crippen molar-refractivity contribution >= 4 is 16.6 Å². The minimum atomic E-state index is -0.357. The van der Waals surface area contributed by atoms with Crippen molar-refractivity contribution in [3.63, 3.8) is 0 Å². The highest BCUT2D eigenvalue weighted by atomic mass is 19.1. The third-order valence-corrected chi connectivity index (χ3v) is 4.72. The first-order valence-corrected chi connectivity index (χ1v) is 8.71. The zero-order chi connectivity index (χ0) is 18.8. The van der Waals surface area contributed by atoms with Gasteiger partial charge in [-0.05, 0) is 41.3 Å². The number of methoxy groups -OCH3 is 1. The molecule has 0 radical (unpaired) electrons. The van der Waals surface area contributed by atoms with Crippen molar-refractivity contribution in [1.82, 2.24) is 4.98 Å². The lowest BCUT2D eigenvalue weighted by Crippen LogP contribution is -2.37. The highest BCUT2D eigenvalue weighted by molar-refractivity contribution is 6.04. The number of halogens is 1. The Labute approximate surface area is 156 Å². The molecule has 0 N–H and O–H groups in total. The number of aromatic nitrogens is 1. The van der Waals surface area contributed by atoms with Gasteiger partial charge in [0, 0.05) is 24.0 Å². The number of hydrogen-bond acceptors (Lipinski definition) is 5. The van der Waals surface area contributed by atoms with Gasteiger partial charge in [-0.1, -0.05) is 12.1 Å². The van der Waals surface area contributed by atoms with E-state index in [1.807, 2.05) is 18.2 Å². The molecule has 0 aliphatic carbocycles. The Morgan fingerprint density at radius 1 is 1.15 bits per heavy atom. The summed E-state index contributed by atoms with van der Waals surface area (Å²) >= 11 is 0. The summed E-state index contributed by atoms with van der Waals surface area (Å²) in [5.41, 5.74) is 1.50. The third-order valence-electron chi connectivity index (χ3n) is 4.72. The molecule has 3 aromatic rings. The molecule has 2 aromatic carbocycles. The van der Waals surface area contributed by atoms with E-state index in [1.54, 1.807) is 19.2 Å². The number of fused-ring (bicyclic) bond motifs is 1. The van der Waals surface area contributed by atoms with Crippen LogP contribution in [0.15, 0.2) is 42.5 Å². The van der Waals surface area contributed by atoms with Crippen molar-refractivity contribution in [2.75, 3.05) is 38.3 Å². The summed E-state index contributed by atoms with van der Waals surface area (Å²) in [6.45, 7) is 2.65. The Hall–Kier alpha value is -3.17. The standard InChI is InChI=1S/C21H18FN3O2/c1-26-16-5-6-17-18(12-16)20(14-3-2-4-15(22)11-14)19(13-23)24-21(17)25-7-9-27-10-8-25/h2-6,11-12H,7-10H2,1H3. The Morgan fingerprint density at radius 2 is 1.96 bits per heavy atom. The quantitative estimate of drug-likeness (QED) is 0.709. The molecular formula is C21H18FN3O2. The highest BCUT2D eigenvalue weighted by Gasteiger charge is 2.21. The van der Waals surface area contributed by atoms with Crippen LogP contribution in [0.25, 0.3) is 21.9 Å². The van der Waals surface area contributed by atoms with E-state index in [1.165, 1.54) is 12.1 Å². The van der Waals surface area contributed by atoms with Gasteiger partial charge in [0.15, 0.2) is 5.69 Å². The fourth-order valence-electron chi connectivity index (χ4n) is 3.44. The van der Waals surface area contributed by atoms with Crippen molar-refractivity contribution < 1.29 is 13.9 Å². The average Bonchev–Trinajstić information content (AvgIpc) is 2.72. The third kappa shape index (κ3) is 3.18. The van der Waals surface area contributed by atoms with Crippen molar-refractivity contribution in [3.8, 4) is 22.9 Å². The molecule has 1 aliphatic heterocycles. The summed E-state index contributed by atoms with van der Waals surface area (Å²) in [4.78, 5) is 6.77. The minimum Gasteiger partial charge on any atom is -0.497 e. The van der Waals surface area contributed by atoms with E-state index in [4.69, 9.17) is 9.47 Å². The summed E-state index contributed by atoms with van der Waals surface area (Å²) in [6.07, 6.45) is 0. The van der Waals surface area contributed by atoms with Crippen LogP contribution in [-0.2, 0) is 4.74 Å². The largest absolute Gasteiger partial charge is 0.497 e. The van der Waals surface area contributed by atoms with Crippen LogP contribution in [0.4, 0.5) is 10.2 Å². The molecule has 1 fully saturated rings. The number of hydrogen-bond donors (Lipinski definition) is 0. The highest BCUT2D eigenvalue weighted by Crippen LogP contribution is 2.38. The molecule has 6 heteroatoms. The summed E-state index contributed by atoms with van der Waals surface area (Å²) < 4.78 is 24.7. The van der Waals surface area contributed by atoms with Gasteiger partial charge in [0.2, 0.25) is 0 Å². The van der Waals surface area contributed by atoms with Crippen LogP contribution in [-0.4, -0.2) is 38.4 Å². The SMILES string of the molecule is COc1ccc2c(N3CCOCC3)nc(C#N)c(-c3cccc(F)c3)c2c1. The van der Waals surface area contributed by atoms with Crippen LogP contribution in [0, 0.1) is 17.1 Å². The lowest BCUT2D eigenvalue weighted by Gasteiger charge is -2.29. The number of nitrogens with zero attached hydrogens (tertiary/aromatic N) is 3. The first-order valence-electron chi connectivity index (χ1n) is 8.71. The number of pyridine rings is 1. The maximum Gasteiger partial charge on any atom is 0.151 e. The number of benzene rings is 2. The molecule has 0 saturated carbocycles. The predicted molar refractivity (Wildman–Crippen MR) is 101 cm³/mol. The van der Waals surface area contributed by atoms with Gasteiger partial charge >= 0.3 is 0 Å². The number of ether oxygens (including phenoxy) is 2. The van der Waals surface area contributed by atoms with Crippen molar-refractivity contribution in [1.29, 1.82) is 5.26 Å². The molecule has 136 valence electrons. The Balaban J connectivity index is 2.03. The molecule has 0 atom stereocenters. The Kier molecular flexibility index (Phi) is 4.61. The summed E-state index contributed by atoms with van der Waals surface area (Å²) in [6, 6.07) is 14.1. The van der Waals surface area contributed by atoms with Gasteiger partial charge in [0.05, 0.1) is 20.3 Å². The minimum absolute atomic E-state index is 0.267. The maximum atomic E-state index is 13.9. The van der Waals surface area contributed by atoms with E-state index >= 15 is 0 Å². The molecule has 1 aliphatic rings. The normalized spacial score (nSPS) is 14.2. The van der Waals surface area contributed by atoms with Gasteiger partial charge in [-0.25, -0.2) is 9.37 Å². The van der Waals surface area contributed by atoms with Gasteiger partial charge in [0.25, 0.3) is 0 Å². The van der Waals surface area contributed by atoms with Crippen LogP contribution >= 0.6 is 0 Å². The second-order valence-corrected chi connectivity index (χ2v) is 6.29. The van der Waals surface area contributed by atoms with Gasteiger partial charge in [-0.2, -0.15) is 5.26 Å². The second kappa shape index (κ2) is 7.22. The topological polar surface area (TPSA) is 58.4 Å². The zero-order valence-corrected chi connectivity index (χ0v) is 14.9. The molecule has 1 saturated heterocycles. The fraction of sp³-hybridized carbons (Fsp3) is 0.238. The molecule has 0 unspecified atom stereocenters. The van der Waals surface area contributed by atoms with E-state index in [0.29, 0.717) is 43.2 Å². The Morgan fingerprint density at radius 3 is 2.67 bits per heavy atom. The molecular weight excluding hydrogens is 345 g/mol. The fourth-order valence-corrected chi connectivity index (χ4v) is 3.44. The Bertz CT molecular complexity index is 1040. The predicted octanol–water partition coefficient (Wildman–Crippen LogP) is 3.76. The van der Waals surface area contributed by atoms with E-state index in [9.17, 15) is 9.65 Å². The summed E-state index contributed by atoms with van der Waals surface area (Å²) in [5, 5.41) is 11.5. The van der Waals surface area contributed by atoms with Crippen molar-refractivity contribution in [3.05, 3.63) is 54.0 Å². The van der Waals surface area contributed by atoms with Crippen LogP contribution in [0.3, 0.4) is 0 Å². The van der Waals surface area contributed by atoms with Crippen LogP contribution < -0.4 is 9.64 Å². The van der Waals surface area contributed by atoms with Crippen LogP contribution in [0.2, 0.25) is 0 Å². The van der Waals surface area contributed by atoms with Gasteiger partial charge in [-0.15, -0.1) is 0 Å². The smallest absolute Gasteiger partial charge is 0.151 e. The molecule has 27 heavy (non-hydrogen) atoms. The molecule has 2 heterocycles. The molecule has 1 aromatic heterocycles. The molecule has 0 bridgehead atoms. The number of nitriles is 1. The van der Waals surface area contributed by atoms with Gasteiger partial charge in [0.1, 0.15) is 23.5 Å². The lowest BCUT2D eigenvalue weighted by atomic mass is 9.96. The van der Waals surface area contributed by atoms with Crippen LogP contribution in [0.5, 0.6) is 5.75 Å². The number of rotatable bonds is 3. The summed E-state index contributed by atoms with van der Waals surface area (Å²) in [5.74, 6) is 1.06. The first-order chi connectivity index (χ1) is 13.2. The molecule has 5 nitrogen and oxygen atoms in total. The maximum absolute atomic E-state index is 13.9.